The van der Waals surface area contributed by atoms with Gasteiger partial charge in [0, 0.05) is 6.42 Å². The molecule has 4 nitrogen and oxygen atoms in total. The van der Waals surface area contributed by atoms with Crippen molar-refractivity contribution in [1.82, 2.24) is 5.32 Å². The first kappa shape index (κ1) is 60.1. The van der Waals surface area contributed by atoms with Crippen LogP contribution in [-0.4, -0.2) is 34.9 Å². The number of carbonyl (C=O) groups is 1. The fourth-order valence-corrected chi connectivity index (χ4v) is 8.35. The third kappa shape index (κ3) is 49.1. The monoisotopic (exact) mass is 866 g/mol. The number of aliphatic hydroxyl groups is 2. The zero-order chi connectivity index (χ0) is 44.9. The number of carbonyl (C=O) groups excluding carboxylic acids is 1. The number of amides is 1. The number of hydrogen-bond donors (Lipinski definition) is 3. The van der Waals surface area contributed by atoms with E-state index >= 15 is 0 Å². The maximum Gasteiger partial charge on any atom is 0.220 e. The van der Waals surface area contributed by atoms with Crippen molar-refractivity contribution in [2.45, 2.75) is 296 Å². The molecule has 0 aromatic carbocycles. The third-order valence-corrected chi connectivity index (χ3v) is 12.5. The SMILES string of the molecule is CC/C=C\C/C=C\C/C=C\C/C=C\CCCCCCCCCCCCCCCCCCCCCCCCCCC(=O)NC(CO)C(O)/C=C/CCCCCCCCCCCCC. The van der Waals surface area contributed by atoms with E-state index in [0.717, 1.165) is 51.4 Å². The van der Waals surface area contributed by atoms with Crippen LogP contribution in [0.25, 0.3) is 0 Å². The van der Waals surface area contributed by atoms with E-state index in [0.29, 0.717) is 6.42 Å². The maximum atomic E-state index is 12.4. The minimum atomic E-state index is -0.837. The van der Waals surface area contributed by atoms with Crippen LogP contribution in [0.4, 0.5) is 0 Å². The molecule has 2 unspecified atom stereocenters. The second kappa shape index (κ2) is 53.4. The van der Waals surface area contributed by atoms with Crippen molar-refractivity contribution in [2.24, 2.45) is 0 Å². The molecule has 0 aromatic rings. The van der Waals surface area contributed by atoms with E-state index < -0.39 is 12.1 Å². The smallest absolute Gasteiger partial charge is 0.220 e. The van der Waals surface area contributed by atoms with E-state index in [9.17, 15) is 15.0 Å². The fourth-order valence-electron chi connectivity index (χ4n) is 8.35. The zero-order valence-electron chi connectivity index (χ0n) is 41.6. The van der Waals surface area contributed by atoms with Crippen LogP contribution in [0, 0.1) is 0 Å². The molecular weight excluding hydrogens is 759 g/mol. The highest BCUT2D eigenvalue weighted by Crippen LogP contribution is 2.17. The molecule has 3 N–H and O–H groups in total. The minimum Gasteiger partial charge on any atom is -0.394 e. The van der Waals surface area contributed by atoms with Gasteiger partial charge in [0.15, 0.2) is 0 Å². The summed E-state index contributed by atoms with van der Waals surface area (Å²) in [5.41, 5.74) is 0. The number of unbranched alkanes of at least 4 members (excludes halogenated alkanes) is 35. The zero-order valence-corrected chi connectivity index (χ0v) is 41.6. The summed E-state index contributed by atoms with van der Waals surface area (Å²) in [7, 11) is 0. The number of nitrogens with one attached hydrogen (secondary N) is 1. The molecule has 0 saturated heterocycles. The molecule has 0 aliphatic heterocycles. The van der Waals surface area contributed by atoms with Crippen LogP contribution in [0.3, 0.4) is 0 Å². The van der Waals surface area contributed by atoms with Crippen LogP contribution >= 0.6 is 0 Å². The number of aliphatic hydroxyl groups excluding tert-OH is 2. The number of rotatable bonds is 50. The molecule has 4 heteroatoms. The van der Waals surface area contributed by atoms with E-state index in [4.69, 9.17) is 0 Å². The van der Waals surface area contributed by atoms with Crippen molar-refractivity contribution in [3.8, 4) is 0 Å². The van der Waals surface area contributed by atoms with Crippen molar-refractivity contribution in [3.05, 3.63) is 60.8 Å². The highest BCUT2D eigenvalue weighted by Gasteiger charge is 2.18. The number of allylic oxidation sites excluding steroid dienone is 9. The van der Waals surface area contributed by atoms with E-state index in [-0.39, 0.29) is 12.5 Å². The Morgan fingerprint density at radius 2 is 0.710 bits per heavy atom. The van der Waals surface area contributed by atoms with Gasteiger partial charge in [-0.3, -0.25) is 4.79 Å². The predicted octanol–water partition coefficient (Wildman–Crippen LogP) is 18.0. The molecule has 0 radical (unpaired) electrons. The van der Waals surface area contributed by atoms with E-state index in [1.807, 2.05) is 6.08 Å². The first-order chi connectivity index (χ1) is 30.7. The highest BCUT2D eigenvalue weighted by molar-refractivity contribution is 5.76. The molecule has 0 aliphatic rings. The molecule has 2 atom stereocenters. The summed E-state index contributed by atoms with van der Waals surface area (Å²) in [6.07, 6.45) is 75.3. The molecule has 0 bridgehead atoms. The summed E-state index contributed by atoms with van der Waals surface area (Å²) in [6.45, 7) is 4.20. The summed E-state index contributed by atoms with van der Waals surface area (Å²) in [4.78, 5) is 12.4. The molecule has 0 fully saturated rings. The van der Waals surface area contributed by atoms with Gasteiger partial charge in [-0.1, -0.05) is 280 Å². The topological polar surface area (TPSA) is 69.6 Å². The molecule has 0 rings (SSSR count). The van der Waals surface area contributed by atoms with Gasteiger partial charge in [0.25, 0.3) is 0 Å². The fraction of sp³-hybridized carbons (Fsp3) is 0.810. The minimum absolute atomic E-state index is 0.0610. The van der Waals surface area contributed by atoms with Gasteiger partial charge >= 0.3 is 0 Å². The molecule has 0 heterocycles. The molecular formula is C58H107NO3. The average Bonchev–Trinajstić information content (AvgIpc) is 3.28. The van der Waals surface area contributed by atoms with Gasteiger partial charge in [-0.15, -0.1) is 0 Å². The van der Waals surface area contributed by atoms with Crippen molar-refractivity contribution < 1.29 is 15.0 Å². The summed E-state index contributed by atoms with van der Waals surface area (Å²) >= 11 is 0. The average molecular weight is 866 g/mol. The molecule has 0 aromatic heterocycles. The highest BCUT2D eigenvalue weighted by atomic mass is 16.3. The molecule has 0 saturated carbocycles. The second-order valence-electron chi connectivity index (χ2n) is 18.6. The van der Waals surface area contributed by atoms with Crippen LogP contribution in [0.1, 0.15) is 284 Å². The van der Waals surface area contributed by atoms with Crippen LogP contribution in [0.15, 0.2) is 60.8 Å². The Morgan fingerprint density at radius 3 is 1.06 bits per heavy atom. The maximum absolute atomic E-state index is 12.4. The molecule has 0 aliphatic carbocycles. The lowest BCUT2D eigenvalue weighted by atomic mass is 10.0. The van der Waals surface area contributed by atoms with E-state index in [2.05, 4.69) is 67.8 Å². The lowest BCUT2D eigenvalue weighted by molar-refractivity contribution is -0.123. The summed E-state index contributed by atoms with van der Waals surface area (Å²) in [6, 6.07) is -0.620. The molecule has 362 valence electrons. The Kier molecular flexibility index (Phi) is 51.8. The second-order valence-corrected chi connectivity index (χ2v) is 18.6. The summed E-state index contributed by atoms with van der Waals surface area (Å²) < 4.78 is 0. The first-order valence-electron chi connectivity index (χ1n) is 27.5. The molecule has 0 spiro atoms. The van der Waals surface area contributed by atoms with Gasteiger partial charge in [-0.25, -0.2) is 0 Å². The van der Waals surface area contributed by atoms with Gasteiger partial charge in [0.05, 0.1) is 18.8 Å². The normalized spacial score (nSPS) is 13.3. The first-order valence-corrected chi connectivity index (χ1v) is 27.5. The van der Waals surface area contributed by atoms with Gasteiger partial charge in [-0.2, -0.15) is 0 Å². The Balaban J connectivity index is 3.41. The Hall–Kier alpha value is -1.91. The largest absolute Gasteiger partial charge is 0.394 e. The summed E-state index contributed by atoms with van der Waals surface area (Å²) in [5.74, 6) is -0.0610. The Bertz CT molecular complexity index is 1030. The molecule has 62 heavy (non-hydrogen) atoms. The van der Waals surface area contributed by atoms with Gasteiger partial charge in [-0.05, 0) is 57.8 Å². The van der Waals surface area contributed by atoms with Crippen LogP contribution in [0.5, 0.6) is 0 Å². The van der Waals surface area contributed by atoms with E-state index in [1.54, 1.807) is 6.08 Å². The van der Waals surface area contributed by atoms with Crippen LogP contribution in [-0.2, 0) is 4.79 Å². The van der Waals surface area contributed by atoms with Crippen molar-refractivity contribution in [2.75, 3.05) is 6.61 Å². The predicted molar refractivity (Wildman–Crippen MR) is 276 cm³/mol. The van der Waals surface area contributed by atoms with Gasteiger partial charge in [0.2, 0.25) is 5.91 Å². The lowest BCUT2D eigenvalue weighted by Gasteiger charge is -2.20. The van der Waals surface area contributed by atoms with Crippen LogP contribution in [0.2, 0.25) is 0 Å². The summed E-state index contributed by atoms with van der Waals surface area (Å²) in [5, 5.41) is 23.1. The standard InChI is InChI=1S/C58H107NO3/c1-3-5-7-9-11-13-15-17-18-19-20-21-22-23-24-25-26-27-28-29-30-31-32-33-34-35-36-37-38-39-40-42-44-46-48-50-52-54-58(62)59-56(55-60)57(61)53-51-49-47-45-43-41-16-14-12-10-8-6-4-2/h5,7,11,13,17-18,20-21,51,53,56-57,60-61H,3-4,6,8-10,12,14-16,19,22-50,52,54-55H2,1-2H3,(H,59,62)/b7-5-,13-11-,18-17-,21-20-,53-51+. The van der Waals surface area contributed by atoms with Crippen molar-refractivity contribution in [3.63, 3.8) is 0 Å². The van der Waals surface area contributed by atoms with E-state index in [1.165, 1.54) is 212 Å². The molecule has 1 amide bonds. The van der Waals surface area contributed by atoms with Crippen molar-refractivity contribution >= 4 is 5.91 Å². The Labute approximate surface area is 387 Å². The third-order valence-electron chi connectivity index (χ3n) is 12.5. The van der Waals surface area contributed by atoms with Gasteiger partial charge < -0.3 is 15.5 Å². The quantitative estimate of drug-likeness (QED) is 0.0421. The number of hydrogen-bond acceptors (Lipinski definition) is 3. The lowest BCUT2D eigenvalue weighted by Crippen LogP contribution is -2.45. The Morgan fingerprint density at radius 1 is 0.403 bits per heavy atom. The van der Waals surface area contributed by atoms with Gasteiger partial charge in [0.1, 0.15) is 0 Å². The van der Waals surface area contributed by atoms with Crippen molar-refractivity contribution in [1.29, 1.82) is 0 Å². The van der Waals surface area contributed by atoms with Crippen LogP contribution < -0.4 is 5.32 Å².